The van der Waals surface area contributed by atoms with Crippen LogP contribution in [-0.2, 0) is 16.0 Å². The van der Waals surface area contributed by atoms with E-state index in [1.807, 2.05) is 18.2 Å². The maximum absolute atomic E-state index is 12.7. The van der Waals surface area contributed by atoms with Crippen LogP contribution in [0, 0.1) is 0 Å². The van der Waals surface area contributed by atoms with E-state index in [0.29, 0.717) is 23.7 Å². The van der Waals surface area contributed by atoms with Crippen molar-refractivity contribution < 1.29 is 14.3 Å². The van der Waals surface area contributed by atoms with E-state index in [2.05, 4.69) is 5.32 Å². The van der Waals surface area contributed by atoms with Crippen molar-refractivity contribution in [2.75, 3.05) is 19.0 Å². The van der Waals surface area contributed by atoms with Crippen LogP contribution in [0.15, 0.2) is 48.5 Å². The molecular weight excluding hydrogens is 352 g/mol. The van der Waals surface area contributed by atoms with Gasteiger partial charge in [0.1, 0.15) is 11.8 Å². The molecule has 1 aliphatic heterocycles. The fourth-order valence-corrected chi connectivity index (χ4v) is 3.35. The Kier molecular flexibility index (Phi) is 5.78. The fraction of sp³-hybridized carbons (Fsp3) is 0.300. The zero-order valence-corrected chi connectivity index (χ0v) is 15.3. The average molecular weight is 373 g/mol. The lowest BCUT2D eigenvalue weighted by Gasteiger charge is -2.24. The lowest BCUT2D eigenvalue weighted by Crippen LogP contribution is -2.43. The van der Waals surface area contributed by atoms with Gasteiger partial charge in [-0.25, -0.2) is 0 Å². The largest absolute Gasteiger partial charge is 0.497 e. The van der Waals surface area contributed by atoms with E-state index in [1.165, 1.54) is 0 Å². The predicted molar refractivity (Wildman–Crippen MR) is 102 cm³/mol. The van der Waals surface area contributed by atoms with Gasteiger partial charge in [-0.1, -0.05) is 29.8 Å². The standard InChI is InChI=1S/C20H21ClN2O3/c1-26-16-10-8-15(9-11-16)22-20(25)18-7-4-12-23(18)19(24)13-14-5-2-3-6-17(14)21/h2-3,5-6,8-11,18H,4,7,12-13H2,1H3,(H,22,25)/t18-/m1/s1. The van der Waals surface area contributed by atoms with Gasteiger partial charge in [0.2, 0.25) is 11.8 Å². The number of rotatable bonds is 5. The van der Waals surface area contributed by atoms with Crippen LogP contribution in [0.25, 0.3) is 0 Å². The number of ether oxygens (including phenoxy) is 1. The zero-order chi connectivity index (χ0) is 18.5. The van der Waals surface area contributed by atoms with Crippen LogP contribution >= 0.6 is 11.6 Å². The predicted octanol–water partition coefficient (Wildman–Crippen LogP) is 3.52. The Balaban J connectivity index is 1.65. The molecule has 2 aromatic carbocycles. The highest BCUT2D eigenvalue weighted by molar-refractivity contribution is 6.31. The molecule has 2 amide bonds. The molecule has 136 valence electrons. The summed E-state index contributed by atoms with van der Waals surface area (Å²) in [5, 5.41) is 3.45. The highest BCUT2D eigenvalue weighted by atomic mass is 35.5. The van der Waals surface area contributed by atoms with E-state index in [9.17, 15) is 9.59 Å². The molecule has 0 bridgehead atoms. The number of amides is 2. The van der Waals surface area contributed by atoms with Crippen molar-refractivity contribution in [3.05, 3.63) is 59.1 Å². The van der Waals surface area contributed by atoms with E-state index in [4.69, 9.17) is 16.3 Å². The molecule has 1 N–H and O–H groups in total. The summed E-state index contributed by atoms with van der Waals surface area (Å²) in [6.07, 6.45) is 1.68. The van der Waals surface area contributed by atoms with E-state index < -0.39 is 6.04 Å². The van der Waals surface area contributed by atoms with Crippen LogP contribution in [0.2, 0.25) is 5.02 Å². The number of halogens is 1. The van der Waals surface area contributed by atoms with Gasteiger partial charge in [0.05, 0.1) is 13.5 Å². The average Bonchev–Trinajstić information content (AvgIpc) is 3.14. The van der Waals surface area contributed by atoms with Gasteiger partial charge in [-0.3, -0.25) is 9.59 Å². The highest BCUT2D eigenvalue weighted by Gasteiger charge is 2.34. The van der Waals surface area contributed by atoms with Crippen LogP contribution in [0.1, 0.15) is 18.4 Å². The fourth-order valence-electron chi connectivity index (χ4n) is 3.14. The first-order valence-corrected chi connectivity index (χ1v) is 8.94. The number of methoxy groups -OCH3 is 1. The molecule has 1 aliphatic rings. The van der Waals surface area contributed by atoms with Crippen molar-refractivity contribution in [1.82, 2.24) is 4.90 Å². The summed E-state index contributed by atoms with van der Waals surface area (Å²) in [7, 11) is 1.59. The van der Waals surface area contributed by atoms with Crippen molar-refractivity contribution in [3.8, 4) is 5.75 Å². The van der Waals surface area contributed by atoms with Crippen LogP contribution in [0.4, 0.5) is 5.69 Å². The molecule has 5 nitrogen and oxygen atoms in total. The Bertz CT molecular complexity index is 792. The first kappa shape index (κ1) is 18.3. The van der Waals surface area contributed by atoms with Gasteiger partial charge in [0, 0.05) is 17.3 Å². The molecule has 1 heterocycles. The van der Waals surface area contributed by atoms with Crippen molar-refractivity contribution >= 4 is 29.1 Å². The molecule has 1 saturated heterocycles. The van der Waals surface area contributed by atoms with Crippen molar-refractivity contribution in [2.24, 2.45) is 0 Å². The SMILES string of the molecule is COc1ccc(NC(=O)[C@H]2CCCN2C(=O)Cc2ccccc2Cl)cc1. The Hall–Kier alpha value is -2.53. The lowest BCUT2D eigenvalue weighted by atomic mass is 10.1. The molecule has 1 fully saturated rings. The minimum atomic E-state index is -0.452. The van der Waals surface area contributed by atoms with E-state index in [1.54, 1.807) is 42.3 Å². The van der Waals surface area contributed by atoms with E-state index in [0.717, 1.165) is 17.7 Å². The monoisotopic (exact) mass is 372 g/mol. The van der Waals surface area contributed by atoms with Crippen molar-refractivity contribution in [2.45, 2.75) is 25.3 Å². The molecule has 0 radical (unpaired) electrons. The van der Waals surface area contributed by atoms with E-state index >= 15 is 0 Å². The molecule has 0 saturated carbocycles. The summed E-state index contributed by atoms with van der Waals surface area (Å²) < 4.78 is 5.11. The molecule has 26 heavy (non-hydrogen) atoms. The summed E-state index contributed by atoms with van der Waals surface area (Å²) in [5.74, 6) is 0.478. The number of nitrogens with one attached hydrogen (secondary N) is 1. The highest BCUT2D eigenvalue weighted by Crippen LogP contribution is 2.23. The molecule has 6 heteroatoms. The number of carbonyl (C=O) groups excluding carboxylic acids is 2. The van der Waals surface area contributed by atoms with Crippen LogP contribution in [0.3, 0.4) is 0 Å². The lowest BCUT2D eigenvalue weighted by molar-refractivity contribution is -0.136. The summed E-state index contributed by atoms with van der Waals surface area (Å²) in [4.78, 5) is 27.0. The maximum atomic E-state index is 12.7. The van der Waals surface area contributed by atoms with Gasteiger partial charge in [0.15, 0.2) is 0 Å². The maximum Gasteiger partial charge on any atom is 0.247 e. The second-order valence-corrected chi connectivity index (χ2v) is 6.64. The van der Waals surface area contributed by atoms with E-state index in [-0.39, 0.29) is 18.2 Å². The number of likely N-dealkylation sites (tertiary alicyclic amines) is 1. The Morgan fingerprint density at radius 1 is 1.19 bits per heavy atom. The Labute approximate surface area is 157 Å². The van der Waals surface area contributed by atoms with Gasteiger partial charge < -0.3 is 15.0 Å². The second kappa shape index (κ2) is 8.23. The quantitative estimate of drug-likeness (QED) is 0.873. The van der Waals surface area contributed by atoms with Gasteiger partial charge in [-0.05, 0) is 48.7 Å². The van der Waals surface area contributed by atoms with Gasteiger partial charge in [-0.2, -0.15) is 0 Å². The third-order valence-electron chi connectivity index (χ3n) is 4.53. The number of hydrogen-bond acceptors (Lipinski definition) is 3. The number of carbonyl (C=O) groups is 2. The molecule has 1 atom stereocenters. The Morgan fingerprint density at radius 3 is 2.62 bits per heavy atom. The normalized spacial score (nSPS) is 16.4. The summed E-state index contributed by atoms with van der Waals surface area (Å²) >= 11 is 6.15. The van der Waals surface area contributed by atoms with Gasteiger partial charge >= 0.3 is 0 Å². The Morgan fingerprint density at radius 2 is 1.92 bits per heavy atom. The second-order valence-electron chi connectivity index (χ2n) is 6.23. The number of benzene rings is 2. The molecule has 0 unspecified atom stereocenters. The number of hydrogen-bond donors (Lipinski definition) is 1. The van der Waals surface area contributed by atoms with Crippen LogP contribution in [-0.4, -0.2) is 36.4 Å². The minimum Gasteiger partial charge on any atom is -0.497 e. The topological polar surface area (TPSA) is 58.6 Å². The smallest absolute Gasteiger partial charge is 0.247 e. The van der Waals surface area contributed by atoms with Crippen molar-refractivity contribution in [3.63, 3.8) is 0 Å². The number of nitrogens with zero attached hydrogens (tertiary/aromatic N) is 1. The van der Waals surface area contributed by atoms with Crippen molar-refractivity contribution in [1.29, 1.82) is 0 Å². The zero-order valence-electron chi connectivity index (χ0n) is 14.6. The molecular formula is C20H21ClN2O3. The summed E-state index contributed by atoms with van der Waals surface area (Å²) in [5.41, 5.74) is 1.46. The molecule has 2 aromatic rings. The summed E-state index contributed by atoms with van der Waals surface area (Å²) in [6, 6.07) is 14.0. The third-order valence-corrected chi connectivity index (χ3v) is 4.90. The molecule has 0 aliphatic carbocycles. The first-order valence-electron chi connectivity index (χ1n) is 8.56. The minimum absolute atomic E-state index is 0.0783. The van der Waals surface area contributed by atoms with Crippen LogP contribution in [0.5, 0.6) is 5.75 Å². The molecule has 0 spiro atoms. The van der Waals surface area contributed by atoms with Gasteiger partial charge in [0.25, 0.3) is 0 Å². The van der Waals surface area contributed by atoms with Gasteiger partial charge in [-0.15, -0.1) is 0 Å². The molecule has 3 rings (SSSR count). The number of anilines is 1. The first-order chi connectivity index (χ1) is 12.6. The summed E-state index contributed by atoms with van der Waals surface area (Å²) in [6.45, 7) is 0.587. The third kappa shape index (κ3) is 4.17. The molecule has 0 aromatic heterocycles. The van der Waals surface area contributed by atoms with Crippen LogP contribution < -0.4 is 10.1 Å².